The van der Waals surface area contributed by atoms with Gasteiger partial charge in [0, 0.05) is 40.6 Å². The third-order valence-corrected chi connectivity index (χ3v) is 6.89. The molecule has 0 saturated carbocycles. The minimum atomic E-state index is 0.362. The lowest BCUT2D eigenvalue weighted by Gasteiger charge is -2.13. The Labute approximate surface area is 198 Å². The summed E-state index contributed by atoms with van der Waals surface area (Å²) in [5.41, 5.74) is 5.90. The zero-order valence-corrected chi connectivity index (χ0v) is 19.9. The van der Waals surface area contributed by atoms with E-state index in [1.54, 1.807) is 0 Å². The predicted molar refractivity (Wildman–Crippen MR) is 141 cm³/mol. The summed E-state index contributed by atoms with van der Waals surface area (Å²) in [6.07, 6.45) is 8.64. The average molecular weight is 446 g/mol. The molecule has 5 aromatic rings. The van der Waals surface area contributed by atoms with Gasteiger partial charge in [0.15, 0.2) is 0 Å². The Bertz CT molecular complexity index is 1620. The summed E-state index contributed by atoms with van der Waals surface area (Å²) in [5, 5.41) is 15.5. The standard InChI is InChI=1S/C29H27N5/c1-16(2)27-11-20(12-30-27)18-5-7-21-22-8-6-19(28-15-31-29(34-28)17(3)4)10-24(22)26-14-33-32-13-25(26)23(21)9-18/h5-10,12-17H,11H2,1-4H3,(H,31,34). The van der Waals surface area contributed by atoms with Crippen LogP contribution in [0.5, 0.6) is 0 Å². The molecule has 34 heavy (non-hydrogen) atoms. The highest BCUT2D eigenvalue weighted by Gasteiger charge is 2.17. The third-order valence-electron chi connectivity index (χ3n) is 6.89. The highest BCUT2D eigenvalue weighted by Crippen LogP contribution is 2.38. The third kappa shape index (κ3) is 3.31. The molecule has 5 nitrogen and oxygen atoms in total. The van der Waals surface area contributed by atoms with Crippen LogP contribution in [0.3, 0.4) is 0 Å². The van der Waals surface area contributed by atoms with Gasteiger partial charge in [-0.3, -0.25) is 4.99 Å². The lowest BCUT2D eigenvalue weighted by Crippen LogP contribution is -2.04. The molecule has 0 radical (unpaired) electrons. The van der Waals surface area contributed by atoms with Gasteiger partial charge in [-0.2, -0.15) is 10.2 Å². The molecular weight excluding hydrogens is 418 g/mol. The molecule has 0 saturated heterocycles. The first kappa shape index (κ1) is 20.7. The Morgan fingerprint density at radius 3 is 1.94 bits per heavy atom. The lowest BCUT2D eigenvalue weighted by atomic mass is 9.91. The molecule has 1 N–H and O–H groups in total. The maximum atomic E-state index is 4.66. The number of H-pyrrole nitrogens is 1. The molecule has 2 aromatic heterocycles. The van der Waals surface area contributed by atoms with Crippen LogP contribution in [-0.2, 0) is 0 Å². The van der Waals surface area contributed by atoms with E-state index >= 15 is 0 Å². The van der Waals surface area contributed by atoms with Crippen LogP contribution in [-0.4, -0.2) is 25.9 Å². The van der Waals surface area contributed by atoms with Crippen molar-refractivity contribution in [2.75, 3.05) is 0 Å². The van der Waals surface area contributed by atoms with Crippen LogP contribution in [0.15, 0.2) is 66.2 Å². The van der Waals surface area contributed by atoms with E-state index < -0.39 is 0 Å². The Balaban J connectivity index is 1.53. The summed E-state index contributed by atoms with van der Waals surface area (Å²) in [6, 6.07) is 13.4. The second kappa shape index (κ2) is 7.87. The van der Waals surface area contributed by atoms with E-state index in [1.807, 2.05) is 24.8 Å². The largest absolute Gasteiger partial charge is 0.342 e. The van der Waals surface area contributed by atoms with E-state index in [0.29, 0.717) is 11.8 Å². The monoisotopic (exact) mass is 445 g/mol. The predicted octanol–water partition coefficient (Wildman–Crippen LogP) is 7.29. The molecule has 0 aliphatic carbocycles. The lowest BCUT2D eigenvalue weighted by molar-refractivity contribution is 0.795. The number of aliphatic imine (C=N–C) groups is 1. The van der Waals surface area contributed by atoms with Crippen molar-refractivity contribution < 1.29 is 0 Å². The Kier molecular flexibility index (Phi) is 4.80. The van der Waals surface area contributed by atoms with Crippen molar-refractivity contribution in [3.8, 4) is 11.3 Å². The molecule has 168 valence electrons. The molecule has 3 aromatic carbocycles. The van der Waals surface area contributed by atoms with Crippen molar-refractivity contribution >= 4 is 43.6 Å². The van der Waals surface area contributed by atoms with Gasteiger partial charge in [0.1, 0.15) is 5.82 Å². The van der Waals surface area contributed by atoms with Crippen LogP contribution in [0.1, 0.15) is 51.4 Å². The van der Waals surface area contributed by atoms with Crippen molar-refractivity contribution in [1.29, 1.82) is 0 Å². The number of fused-ring (bicyclic) bond motifs is 6. The summed E-state index contributed by atoms with van der Waals surface area (Å²) in [4.78, 5) is 12.7. The van der Waals surface area contributed by atoms with Gasteiger partial charge < -0.3 is 4.98 Å². The molecule has 0 bridgehead atoms. The Morgan fingerprint density at radius 2 is 1.35 bits per heavy atom. The first-order valence-electron chi connectivity index (χ1n) is 11.9. The minimum absolute atomic E-state index is 0.362. The van der Waals surface area contributed by atoms with Crippen LogP contribution in [0.2, 0.25) is 0 Å². The number of rotatable bonds is 4. The first-order valence-corrected chi connectivity index (χ1v) is 11.9. The number of imidazole rings is 1. The van der Waals surface area contributed by atoms with Gasteiger partial charge in [-0.25, -0.2) is 4.98 Å². The summed E-state index contributed by atoms with van der Waals surface area (Å²) < 4.78 is 0. The number of aromatic amines is 1. The van der Waals surface area contributed by atoms with Crippen LogP contribution in [0.25, 0.3) is 49.1 Å². The van der Waals surface area contributed by atoms with E-state index in [4.69, 9.17) is 0 Å². The zero-order valence-electron chi connectivity index (χ0n) is 19.9. The topological polar surface area (TPSA) is 66.8 Å². The van der Waals surface area contributed by atoms with Crippen LogP contribution in [0, 0.1) is 5.92 Å². The van der Waals surface area contributed by atoms with E-state index in [2.05, 4.69) is 89.3 Å². The van der Waals surface area contributed by atoms with Gasteiger partial charge in [-0.1, -0.05) is 52.0 Å². The van der Waals surface area contributed by atoms with Gasteiger partial charge in [0.25, 0.3) is 0 Å². The maximum Gasteiger partial charge on any atom is 0.109 e. The highest BCUT2D eigenvalue weighted by atomic mass is 15.1. The number of hydrogen-bond donors (Lipinski definition) is 1. The molecule has 0 spiro atoms. The van der Waals surface area contributed by atoms with E-state index in [0.717, 1.165) is 34.3 Å². The van der Waals surface area contributed by atoms with Gasteiger partial charge in [-0.05, 0) is 50.7 Å². The molecule has 3 heterocycles. The van der Waals surface area contributed by atoms with Crippen LogP contribution >= 0.6 is 0 Å². The molecule has 1 aliphatic rings. The summed E-state index contributed by atoms with van der Waals surface area (Å²) in [6.45, 7) is 8.70. The van der Waals surface area contributed by atoms with E-state index in [-0.39, 0.29) is 0 Å². The number of nitrogens with zero attached hydrogens (tertiary/aromatic N) is 4. The second-order valence-electron chi connectivity index (χ2n) is 9.78. The van der Waals surface area contributed by atoms with Crippen molar-refractivity contribution in [3.05, 3.63) is 72.6 Å². The van der Waals surface area contributed by atoms with E-state index in [1.165, 1.54) is 38.4 Å². The fourth-order valence-electron chi connectivity index (χ4n) is 4.88. The zero-order chi connectivity index (χ0) is 23.4. The van der Waals surface area contributed by atoms with Crippen LogP contribution < -0.4 is 0 Å². The number of allylic oxidation sites excluding steroid dienone is 1. The van der Waals surface area contributed by atoms with Gasteiger partial charge in [0.2, 0.25) is 0 Å². The fourth-order valence-corrected chi connectivity index (χ4v) is 4.88. The highest BCUT2D eigenvalue weighted by molar-refractivity contribution is 6.25. The molecule has 1 aliphatic heterocycles. The number of hydrogen-bond acceptors (Lipinski definition) is 4. The number of aromatic nitrogens is 4. The second-order valence-corrected chi connectivity index (χ2v) is 9.78. The van der Waals surface area contributed by atoms with Crippen molar-refractivity contribution in [2.24, 2.45) is 10.9 Å². The van der Waals surface area contributed by atoms with Gasteiger partial charge in [0.05, 0.1) is 24.3 Å². The van der Waals surface area contributed by atoms with Crippen molar-refractivity contribution in [2.45, 2.75) is 40.0 Å². The SMILES string of the molecule is CC(C)C1=NC=C(c2ccc3c4ccc(-c5cnc(C(C)C)[nH]5)cc4c4cnncc4c3c2)C1. The summed E-state index contributed by atoms with van der Waals surface area (Å²) >= 11 is 0. The quantitative estimate of drug-likeness (QED) is 0.295. The van der Waals surface area contributed by atoms with Gasteiger partial charge >= 0.3 is 0 Å². The normalized spacial score (nSPS) is 14.1. The fraction of sp³-hybridized carbons (Fsp3) is 0.241. The molecule has 6 rings (SSSR count). The first-order chi connectivity index (χ1) is 16.5. The Morgan fingerprint density at radius 1 is 0.706 bits per heavy atom. The van der Waals surface area contributed by atoms with Crippen LogP contribution in [0.4, 0.5) is 0 Å². The number of nitrogens with one attached hydrogen (secondary N) is 1. The van der Waals surface area contributed by atoms with Crippen molar-refractivity contribution in [3.63, 3.8) is 0 Å². The van der Waals surface area contributed by atoms with Crippen molar-refractivity contribution in [1.82, 2.24) is 20.2 Å². The Hall–Kier alpha value is -3.86. The molecule has 0 amide bonds. The van der Waals surface area contributed by atoms with Gasteiger partial charge in [-0.15, -0.1) is 0 Å². The average Bonchev–Trinajstić information content (AvgIpc) is 3.54. The summed E-state index contributed by atoms with van der Waals surface area (Å²) in [7, 11) is 0. The number of benzene rings is 3. The van der Waals surface area contributed by atoms with E-state index in [9.17, 15) is 0 Å². The molecule has 5 heteroatoms. The minimum Gasteiger partial charge on any atom is -0.342 e. The smallest absolute Gasteiger partial charge is 0.109 e. The molecule has 0 fully saturated rings. The molecule has 0 unspecified atom stereocenters. The summed E-state index contributed by atoms with van der Waals surface area (Å²) in [5.74, 6) is 1.83. The molecular formula is C29H27N5. The molecule has 0 atom stereocenters. The maximum absolute atomic E-state index is 4.66.